The molecule has 34 heavy (non-hydrogen) atoms. The maximum atomic E-state index is 13.0. The second-order valence-electron chi connectivity index (χ2n) is 7.57. The highest BCUT2D eigenvalue weighted by molar-refractivity contribution is 6.02. The van der Waals surface area contributed by atoms with Crippen LogP contribution in [0.3, 0.4) is 0 Å². The molecule has 0 spiro atoms. The van der Waals surface area contributed by atoms with Gasteiger partial charge in [0, 0.05) is 24.1 Å². The minimum atomic E-state index is -0.568. The normalized spacial score (nSPS) is 11.8. The molecule has 174 valence electrons. The van der Waals surface area contributed by atoms with Crippen molar-refractivity contribution in [2.45, 2.75) is 13.3 Å². The summed E-state index contributed by atoms with van der Waals surface area (Å²) in [5, 5.41) is 8.43. The number of ether oxygens (including phenoxy) is 1. The first-order chi connectivity index (χ1) is 16.5. The van der Waals surface area contributed by atoms with Crippen LogP contribution in [-0.4, -0.2) is 33.9 Å². The fourth-order valence-electron chi connectivity index (χ4n) is 3.95. The Kier molecular flexibility index (Phi) is 6.35. The molecule has 5 N–H and O–H groups in total. The highest BCUT2D eigenvalue weighted by atomic mass is 16.5. The van der Waals surface area contributed by atoms with Gasteiger partial charge < -0.3 is 21.5 Å². The van der Waals surface area contributed by atoms with Crippen LogP contribution in [0.15, 0.2) is 65.5 Å². The number of nitrogens with two attached hydrogens (primary N) is 2. The van der Waals surface area contributed by atoms with E-state index in [9.17, 15) is 9.59 Å². The Labute approximate surface area is 196 Å². The lowest BCUT2D eigenvalue weighted by Crippen LogP contribution is -2.22. The molecule has 0 fully saturated rings. The molecule has 0 aliphatic carbocycles. The highest BCUT2D eigenvalue weighted by Crippen LogP contribution is 2.25. The van der Waals surface area contributed by atoms with Crippen LogP contribution in [-0.2, 0) is 6.42 Å². The summed E-state index contributed by atoms with van der Waals surface area (Å²) >= 11 is 0. The van der Waals surface area contributed by atoms with Gasteiger partial charge in [-0.05, 0) is 42.1 Å². The summed E-state index contributed by atoms with van der Waals surface area (Å²) in [6.07, 6.45) is 4.39. The molecular weight excluding hydrogens is 432 g/mol. The van der Waals surface area contributed by atoms with E-state index >= 15 is 0 Å². The quantitative estimate of drug-likeness (QED) is 0.431. The maximum Gasteiger partial charge on any atom is 0.266 e. The Bertz CT molecular complexity index is 1440. The molecule has 4 aromatic rings. The monoisotopic (exact) mass is 458 g/mol. The Morgan fingerprint density at radius 3 is 2.62 bits per heavy atom. The van der Waals surface area contributed by atoms with Gasteiger partial charge in [0.05, 0.1) is 12.5 Å². The smallest absolute Gasteiger partial charge is 0.266 e. The van der Waals surface area contributed by atoms with E-state index in [1.807, 2.05) is 54.6 Å². The van der Waals surface area contributed by atoms with Crippen molar-refractivity contribution in [3.8, 4) is 11.4 Å². The zero-order valence-electron chi connectivity index (χ0n) is 19.0. The van der Waals surface area contributed by atoms with Crippen molar-refractivity contribution in [2.24, 2.45) is 5.73 Å². The molecule has 2 aromatic carbocycles. The van der Waals surface area contributed by atoms with Gasteiger partial charge in [-0.25, -0.2) is 4.68 Å². The third kappa shape index (κ3) is 4.11. The Morgan fingerprint density at radius 1 is 1.18 bits per heavy atom. The Morgan fingerprint density at radius 2 is 1.94 bits per heavy atom. The fraction of sp³-hybridized carbons (Fsp3) is 0.160. The lowest BCUT2D eigenvalue weighted by Gasteiger charge is -2.14. The molecule has 0 saturated carbocycles. The van der Waals surface area contributed by atoms with Gasteiger partial charge in [0.25, 0.3) is 11.5 Å². The number of fused-ring (bicyclic) bond motifs is 2. The summed E-state index contributed by atoms with van der Waals surface area (Å²) in [4.78, 5) is 24.0. The van der Waals surface area contributed by atoms with Crippen molar-refractivity contribution in [1.82, 2.24) is 14.3 Å². The van der Waals surface area contributed by atoms with Crippen LogP contribution in [0.25, 0.3) is 22.7 Å². The van der Waals surface area contributed by atoms with Crippen molar-refractivity contribution < 1.29 is 9.53 Å². The number of para-hydroxylation sites is 1. The van der Waals surface area contributed by atoms with Gasteiger partial charge in [0.2, 0.25) is 0 Å². The third-order valence-electron chi connectivity index (χ3n) is 5.50. The summed E-state index contributed by atoms with van der Waals surface area (Å²) < 4.78 is 8.63. The van der Waals surface area contributed by atoms with E-state index in [1.165, 1.54) is 4.68 Å². The number of pyridine rings is 1. The largest absolute Gasteiger partial charge is 0.496 e. The molecule has 1 amide bonds. The number of nitrogen functional groups attached to an aromatic ring is 1. The van der Waals surface area contributed by atoms with Crippen molar-refractivity contribution in [1.29, 1.82) is 0 Å². The van der Waals surface area contributed by atoms with Crippen LogP contribution >= 0.6 is 0 Å². The number of carbonyl (C=O) groups excluding carboxylic acids is 1. The van der Waals surface area contributed by atoms with Crippen molar-refractivity contribution in [2.75, 3.05) is 24.7 Å². The zero-order chi connectivity index (χ0) is 24.2. The van der Waals surface area contributed by atoms with Crippen LogP contribution in [0.5, 0.6) is 5.75 Å². The molecule has 0 atom stereocenters. The average Bonchev–Trinajstić information content (AvgIpc) is 3.20. The van der Waals surface area contributed by atoms with E-state index in [0.29, 0.717) is 23.5 Å². The van der Waals surface area contributed by atoms with Gasteiger partial charge in [-0.3, -0.25) is 14.2 Å². The first kappa shape index (κ1) is 22.7. The molecule has 5 rings (SSSR count). The molecule has 0 bridgehead atoms. The highest BCUT2D eigenvalue weighted by Gasteiger charge is 2.20. The predicted octanol–water partition coefficient (Wildman–Crippen LogP) is 3.02. The number of hydrogen-bond acceptors (Lipinski definition) is 6. The van der Waals surface area contributed by atoms with E-state index in [4.69, 9.17) is 16.2 Å². The van der Waals surface area contributed by atoms with Crippen LogP contribution in [0.1, 0.15) is 23.0 Å². The number of hydrogen-bond donors (Lipinski definition) is 3. The van der Waals surface area contributed by atoms with E-state index in [0.717, 1.165) is 23.2 Å². The predicted molar refractivity (Wildman–Crippen MR) is 134 cm³/mol. The molecular formula is C25H26N6O3. The van der Waals surface area contributed by atoms with Crippen molar-refractivity contribution >= 4 is 34.5 Å². The Hall–Kier alpha value is -4.53. The molecule has 1 aliphatic heterocycles. The van der Waals surface area contributed by atoms with Gasteiger partial charge in [0.1, 0.15) is 17.1 Å². The number of primary amides is 1. The number of carbonyl (C=O) groups is 1. The second-order valence-corrected chi connectivity index (χ2v) is 7.57. The van der Waals surface area contributed by atoms with Crippen LogP contribution in [0, 0.1) is 0 Å². The SMILES string of the molecule is CCc1cc2cccc(OC)c2c(=O)n1-c1ccccc1.NC(=O)c1c(N)nn2c1NCC=C2. The van der Waals surface area contributed by atoms with Gasteiger partial charge in [0.15, 0.2) is 5.82 Å². The zero-order valence-corrected chi connectivity index (χ0v) is 19.0. The van der Waals surface area contributed by atoms with Gasteiger partial charge in [-0.15, -0.1) is 5.10 Å². The number of benzene rings is 2. The fourth-order valence-corrected chi connectivity index (χ4v) is 3.95. The van der Waals surface area contributed by atoms with E-state index < -0.39 is 5.91 Å². The lowest BCUT2D eigenvalue weighted by molar-refractivity contribution is 0.100. The third-order valence-corrected chi connectivity index (χ3v) is 5.50. The molecule has 0 radical (unpaired) electrons. The van der Waals surface area contributed by atoms with Gasteiger partial charge >= 0.3 is 0 Å². The van der Waals surface area contributed by atoms with Crippen LogP contribution < -0.4 is 27.1 Å². The number of nitrogens with zero attached hydrogens (tertiary/aromatic N) is 3. The van der Waals surface area contributed by atoms with E-state index in [-0.39, 0.29) is 16.9 Å². The van der Waals surface area contributed by atoms with E-state index in [2.05, 4.69) is 23.4 Å². The van der Waals surface area contributed by atoms with Gasteiger partial charge in [-0.2, -0.15) is 0 Å². The minimum Gasteiger partial charge on any atom is -0.496 e. The number of rotatable bonds is 4. The molecule has 2 aromatic heterocycles. The minimum absolute atomic E-state index is 0.0343. The average molecular weight is 459 g/mol. The summed E-state index contributed by atoms with van der Waals surface area (Å²) in [7, 11) is 1.59. The van der Waals surface area contributed by atoms with Gasteiger partial charge in [-0.1, -0.05) is 37.3 Å². The number of methoxy groups -OCH3 is 1. The topological polar surface area (TPSA) is 130 Å². The summed E-state index contributed by atoms with van der Waals surface area (Å²) in [5.41, 5.74) is 12.8. The molecule has 0 saturated heterocycles. The standard InChI is InChI=1S/C18H17NO2.C7H9N5O/c1-3-14-12-13-8-7-11-16(21-2)17(13)18(20)19(14)15-9-5-4-6-10-15;8-5-4(6(9)13)7-10-2-1-3-12(7)11-5/h4-12H,3H2,1-2H3;1,3,10H,2H2,(H2,8,11)(H2,9,13). The molecule has 9 heteroatoms. The van der Waals surface area contributed by atoms with Crippen LogP contribution in [0.4, 0.5) is 11.6 Å². The number of aromatic nitrogens is 3. The summed E-state index contributed by atoms with van der Waals surface area (Å²) in [5.74, 6) is 0.764. The first-order valence-electron chi connectivity index (χ1n) is 10.8. The number of aryl methyl sites for hydroxylation is 1. The first-order valence-corrected chi connectivity index (χ1v) is 10.8. The van der Waals surface area contributed by atoms with Crippen molar-refractivity contribution in [3.05, 3.63) is 82.3 Å². The number of anilines is 2. The van der Waals surface area contributed by atoms with E-state index in [1.54, 1.807) is 17.9 Å². The molecule has 0 unspecified atom stereocenters. The van der Waals surface area contributed by atoms with Crippen LogP contribution in [0.2, 0.25) is 0 Å². The summed E-state index contributed by atoms with van der Waals surface area (Å²) in [6.45, 7) is 2.70. The molecule has 9 nitrogen and oxygen atoms in total. The number of amides is 1. The molecule has 3 heterocycles. The second kappa shape index (κ2) is 9.53. The Balaban J connectivity index is 0.000000180. The number of nitrogens with one attached hydrogen (secondary N) is 1. The lowest BCUT2D eigenvalue weighted by atomic mass is 10.1. The molecule has 1 aliphatic rings. The maximum absolute atomic E-state index is 13.0. The van der Waals surface area contributed by atoms with Crippen molar-refractivity contribution in [3.63, 3.8) is 0 Å². The summed E-state index contributed by atoms with van der Waals surface area (Å²) in [6, 6.07) is 17.5.